The van der Waals surface area contributed by atoms with Crippen LogP contribution in [0.4, 0.5) is 0 Å². The van der Waals surface area contributed by atoms with Crippen LogP contribution in [0.1, 0.15) is 10.4 Å². The van der Waals surface area contributed by atoms with Gasteiger partial charge < -0.3 is 5.11 Å². The van der Waals surface area contributed by atoms with Crippen molar-refractivity contribution in [1.82, 2.24) is 0 Å². The summed E-state index contributed by atoms with van der Waals surface area (Å²) in [5, 5.41) is 7.71. The highest BCUT2D eigenvalue weighted by molar-refractivity contribution is 7.86. The molecule has 0 spiro atoms. The molecule has 0 aliphatic carbocycles. The van der Waals surface area contributed by atoms with Crippen LogP contribution in [0.3, 0.4) is 0 Å². The summed E-state index contributed by atoms with van der Waals surface area (Å²) in [6.07, 6.45) is 0. The van der Waals surface area contributed by atoms with E-state index in [2.05, 4.69) is 0 Å². The minimum Gasteiger partial charge on any atom is -0.478 e. The molecule has 0 heterocycles. The molecule has 1 aromatic carbocycles. The molecular formula is C7H4Cl2O5S. The number of benzene rings is 1. The zero-order chi connectivity index (χ0) is 11.8. The van der Waals surface area contributed by atoms with Crippen LogP contribution >= 0.6 is 23.2 Å². The molecule has 0 aliphatic heterocycles. The average molecular weight is 271 g/mol. The molecule has 1 rings (SSSR count). The normalized spacial score (nSPS) is 11.4. The summed E-state index contributed by atoms with van der Waals surface area (Å²) in [6.45, 7) is 0. The van der Waals surface area contributed by atoms with Crippen LogP contribution in [0.2, 0.25) is 10.0 Å². The first-order chi connectivity index (χ1) is 6.73. The SMILES string of the molecule is O=C(O)c1cc(Cl)c(S(=O)(=O)O)c(Cl)c1. The second-order valence-electron chi connectivity index (χ2n) is 2.55. The lowest BCUT2D eigenvalue weighted by atomic mass is 10.2. The fourth-order valence-corrected chi connectivity index (χ4v) is 2.61. The first kappa shape index (κ1) is 12.3. The molecule has 0 aliphatic rings. The maximum absolute atomic E-state index is 10.8. The summed E-state index contributed by atoms with van der Waals surface area (Å²) >= 11 is 11.0. The van der Waals surface area contributed by atoms with Gasteiger partial charge in [0, 0.05) is 0 Å². The zero-order valence-electron chi connectivity index (χ0n) is 6.94. The van der Waals surface area contributed by atoms with E-state index in [0.29, 0.717) is 0 Å². The largest absolute Gasteiger partial charge is 0.478 e. The van der Waals surface area contributed by atoms with Gasteiger partial charge in [-0.25, -0.2) is 4.79 Å². The van der Waals surface area contributed by atoms with E-state index in [1.807, 2.05) is 0 Å². The second-order valence-corrected chi connectivity index (χ2v) is 4.72. The zero-order valence-corrected chi connectivity index (χ0v) is 9.27. The smallest absolute Gasteiger partial charge is 0.335 e. The van der Waals surface area contributed by atoms with Crippen LogP contribution in [0, 0.1) is 0 Å². The van der Waals surface area contributed by atoms with E-state index < -0.39 is 31.0 Å². The van der Waals surface area contributed by atoms with E-state index in [-0.39, 0.29) is 5.56 Å². The van der Waals surface area contributed by atoms with Gasteiger partial charge in [0.2, 0.25) is 0 Å². The second kappa shape index (κ2) is 3.97. The molecule has 0 saturated heterocycles. The van der Waals surface area contributed by atoms with Crippen LogP contribution in [0.15, 0.2) is 17.0 Å². The fraction of sp³-hybridized carbons (Fsp3) is 0. The maximum atomic E-state index is 10.8. The van der Waals surface area contributed by atoms with Crippen LogP contribution < -0.4 is 0 Å². The van der Waals surface area contributed by atoms with Crippen LogP contribution in [-0.2, 0) is 10.1 Å². The number of hydrogen-bond donors (Lipinski definition) is 2. The number of rotatable bonds is 2. The first-order valence-electron chi connectivity index (χ1n) is 3.43. The Labute approximate surface area is 95.0 Å². The standard InChI is InChI=1S/C7H4Cl2O5S/c8-4-1-3(7(10)11)2-5(9)6(4)15(12,13)14/h1-2H,(H,10,11)(H,12,13,14). The van der Waals surface area contributed by atoms with E-state index in [0.717, 1.165) is 12.1 Å². The highest BCUT2D eigenvalue weighted by Crippen LogP contribution is 2.30. The third kappa shape index (κ3) is 2.60. The van der Waals surface area contributed by atoms with Crippen molar-refractivity contribution in [3.8, 4) is 0 Å². The van der Waals surface area contributed by atoms with Gasteiger partial charge in [0.1, 0.15) is 4.90 Å². The highest BCUT2D eigenvalue weighted by atomic mass is 35.5. The summed E-state index contributed by atoms with van der Waals surface area (Å²) in [7, 11) is -4.56. The summed E-state index contributed by atoms with van der Waals surface area (Å²) in [6, 6.07) is 1.78. The van der Waals surface area contributed by atoms with E-state index >= 15 is 0 Å². The molecule has 0 radical (unpaired) electrons. The Kier molecular flexibility index (Phi) is 3.25. The monoisotopic (exact) mass is 270 g/mol. The summed E-state index contributed by atoms with van der Waals surface area (Å²) in [5.41, 5.74) is -0.266. The van der Waals surface area contributed by atoms with Crippen molar-refractivity contribution in [3.05, 3.63) is 27.7 Å². The molecule has 0 bridgehead atoms. The quantitative estimate of drug-likeness (QED) is 0.802. The maximum Gasteiger partial charge on any atom is 0.335 e. The van der Waals surface area contributed by atoms with Crippen LogP contribution in [0.25, 0.3) is 0 Å². The molecule has 1 aromatic rings. The Morgan fingerprint density at radius 3 is 1.87 bits per heavy atom. The van der Waals surface area contributed by atoms with Crippen LogP contribution in [-0.4, -0.2) is 24.0 Å². The predicted octanol–water partition coefficient (Wildman–Crippen LogP) is 1.94. The topological polar surface area (TPSA) is 91.7 Å². The van der Waals surface area contributed by atoms with Gasteiger partial charge in [0.25, 0.3) is 10.1 Å². The number of carbonyl (C=O) groups is 1. The van der Waals surface area contributed by atoms with Gasteiger partial charge in [-0.3, -0.25) is 4.55 Å². The molecule has 0 atom stereocenters. The number of carboxylic acid groups (broad SMARTS) is 1. The van der Waals surface area contributed by atoms with Crippen molar-refractivity contribution in [1.29, 1.82) is 0 Å². The van der Waals surface area contributed by atoms with Crippen molar-refractivity contribution in [2.24, 2.45) is 0 Å². The molecule has 5 nitrogen and oxygen atoms in total. The van der Waals surface area contributed by atoms with E-state index in [1.54, 1.807) is 0 Å². The molecule has 0 amide bonds. The Hall–Kier alpha value is -0.820. The third-order valence-corrected chi connectivity index (χ3v) is 3.28. The van der Waals surface area contributed by atoms with Gasteiger partial charge in [-0.15, -0.1) is 0 Å². The van der Waals surface area contributed by atoms with Crippen LogP contribution in [0.5, 0.6) is 0 Å². The molecule has 0 unspecified atom stereocenters. The minimum atomic E-state index is -4.56. The Balaban J connectivity index is 3.55. The van der Waals surface area contributed by atoms with Gasteiger partial charge in [-0.2, -0.15) is 8.42 Å². The number of carboxylic acids is 1. The third-order valence-electron chi connectivity index (χ3n) is 1.50. The lowest BCUT2D eigenvalue weighted by molar-refractivity contribution is 0.0696. The van der Waals surface area contributed by atoms with Gasteiger partial charge in [0.05, 0.1) is 15.6 Å². The molecule has 2 N–H and O–H groups in total. The lowest BCUT2D eigenvalue weighted by Crippen LogP contribution is -2.03. The average Bonchev–Trinajstić information content (AvgIpc) is 1.99. The fourth-order valence-electron chi connectivity index (χ4n) is 0.930. The van der Waals surface area contributed by atoms with E-state index in [1.165, 1.54) is 0 Å². The van der Waals surface area contributed by atoms with Crippen molar-refractivity contribution in [2.75, 3.05) is 0 Å². The number of hydrogen-bond acceptors (Lipinski definition) is 3. The first-order valence-corrected chi connectivity index (χ1v) is 5.63. The molecule has 0 aromatic heterocycles. The summed E-state index contributed by atoms with van der Waals surface area (Å²) < 4.78 is 30.3. The van der Waals surface area contributed by atoms with E-state index in [9.17, 15) is 13.2 Å². The molecule has 0 fully saturated rings. The summed E-state index contributed by atoms with van der Waals surface area (Å²) in [5.74, 6) is -1.30. The van der Waals surface area contributed by atoms with Gasteiger partial charge in [-0.05, 0) is 12.1 Å². The summed E-state index contributed by atoms with van der Waals surface area (Å²) in [4.78, 5) is 9.84. The van der Waals surface area contributed by atoms with Crippen molar-refractivity contribution in [3.63, 3.8) is 0 Å². The molecule has 8 heteroatoms. The number of aromatic carboxylic acids is 1. The minimum absolute atomic E-state index is 0.266. The predicted molar refractivity (Wildman–Crippen MR) is 53.2 cm³/mol. The number of halogens is 2. The highest BCUT2D eigenvalue weighted by Gasteiger charge is 2.21. The van der Waals surface area contributed by atoms with Gasteiger partial charge in [-0.1, -0.05) is 23.2 Å². The molecular weight excluding hydrogens is 267 g/mol. The molecule has 82 valence electrons. The van der Waals surface area contributed by atoms with Gasteiger partial charge in [0.15, 0.2) is 0 Å². The Morgan fingerprint density at radius 1 is 1.20 bits per heavy atom. The van der Waals surface area contributed by atoms with Crippen molar-refractivity contribution in [2.45, 2.75) is 4.90 Å². The van der Waals surface area contributed by atoms with Crippen molar-refractivity contribution < 1.29 is 22.9 Å². The lowest BCUT2D eigenvalue weighted by Gasteiger charge is -2.04. The van der Waals surface area contributed by atoms with Gasteiger partial charge >= 0.3 is 5.97 Å². The molecule has 0 saturated carbocycles. The Morgan fingerprint density at radius 2 is 1.60 bits per heavy atom. The molecule has 15 heavy (non-hydrogen) atoms. The van der Waals surface area contributed by atoms with E-state index in [4.69, 9.17) is 32.9 Å². The van der Waals surface area contributed by atoms with Crippen molar-refractivity contribution >= 4 is 39.3 Å². The Bertz CT molecular complexity index is 499.